The van der Waals surface area contributed by atoms with Gasteiger partial charge in [-0.2, -0.15) is 0 Å². The predicted octanol–water partition coefficient (Wildman–Crippen LogP) is 4.86. The van der Waals surface area contributed by atoms with Crippen LogP contribution >= 0.6 is 0 Å². The normalized spacial score (nSPS) is 13.0. The maximum absolute atomic E-state index is 3.86. The second kappa shape index (κ2) is 6.12. The molecule has 0 heteroatoms. The van der Waals surface area contributed by atoms with Gasteiger partial charge >= 0.3 is 0 Å². The molecule has 1 aromatic carbocycles. The molecule has 1 rings (SSSR count). The molecule has 0 unspecified atom stereocenters. The van der Waals surface area contributed by atoms with Crippen molar-refractivity contribution in [1.82, 2.24) is 0 Å². The van der Waals surface area contributed by atoms with Gasteiger partial charge in [-0.15, -0.1) is 0 Å². The summed E-state index contributed by atoms with van der Waals surface area (Å²) in [6.45, 7) is 10.4. The second-order valence-corrected chi connectivity index (χ2v) is 4.26. The summed E-state index contributed by atoms with van der Waals surface area (Å²) in [4.78, 5) is 0. The number of rotatable bonds is 4. The van der Waals surface area contributed by atoms with Crippen molar-refractivity contribution in [3.05, 3.63) is 66.3 Å². The van der Waals surface area contributed by atoms with Gasteiger partial charge in [-0.05, 0) is 24.0 Å². The van der Waals surface area contributed by atoms with Gasteiger partial charge in [0.15, 0.2) is 0 Å². The highest BCUT2D eigenvalue weighted by Gasteiger charge is 1.96. The molecule has 0 atom stereocenters. The lowest BCUT2D eigenvalue weighted by atomic mass is 10.0. The molecule has 0 bridgehead atoms. The van der Waals surface area contributed by atoms with Gasteiger partial charge in [-0.1, -0.05) is 74.6 Å². The molecule has 1 aromatic rings. The first-order chi connectivity index (χ1) is 7.65. The molecule has 0 aliphatic carbocycles. The summed E-state index contributed by atoms with van der Waals surface area (Å²) in [5.74, 6) is 0.595. The predicted molar refractivity (Wildman–Crippen MR) is 73.2 cm³/mol. The molecule has 0 nitrogen and oxygen atoms in total. The Morgan fingerprint density at radius 3 is 2.25 bits per heavy atom. The van der Waals surface area contributed by atoms with Gasteiger partial charge in [0.05, 0.1) is 0 Å². The van der Waals surface area contributed by atoms with Crippen molar-refractivity contribution in [3.8, 4) is 0 Å². The van der Waals surface area contributed by atoms with E-state index in [2.05, 4.69) is 51.6 Å². The Morgan fingerprint density at radius 1 is 1.12 bits per heavy atom. The van der Waals surface area contributed by atoms with Crippen LogP contribution in [-0.2, 0) is 0 Å². The molecule has 0 amide bonds. The Labute approximate surface area is 99.0 Å². The standard InChI is InChI=1S/C16H20/c1-5-15(12-11-14(4)13(2)3)16-9-7-6-8-10-16/h5-13H,1H2,2-4H3/b14-11+,15-12+. The lowest BCUT2D eigenvalue weighted by molar-refractivity contribution is 0.769. The lowest BCUT2D eigenvalue weighted by Crippen LogP contribution is -1.87. The summed E-state index contributed by atoms with van der Waals surface area (Å²) in [5, 5.41) is 0. The van der Waals surface area contributed by atoms with Crippen LogP contribution in [0.3, 0.4) is 0 Å². The lowest BCUT2D eigenvalue weighted by Gasteiger charge is -2.04. The number of hydrogen-bond acceptors (Lipinski definition) is 0. The Bertz CT molecular complexity index is 391. The maximum atomic E-state index is 3.86. The van der Waals surface area contributed by atoms with Gasteiger partial charge in [-0.25, -0.2) is 0 Å². The summed E-state index contributed by atoms with van der Waals surface area (Å²) in [6, 6.07) is 10.3. The largest absolute Gasteiger partial charge is 0.0984 e. The number of hydrogen-bond donors (Lipinski definition) is 0. The van der Waals surface area contributed by atoms with Gasteiger partial charge in [-0.3, -0.25) is 0 Å². The highest BCUT2D eigenvalue weighted by Crippen LogP contribution is 2.16. The number of allylic oxidation sites excluding steroid dienone is 5. The van der Waals surface area contributed by atoms with Crippen LogP contribution in [0.15, 0.2) is 60.7 Å². The Morgan fingerprint density at radius 2 is 1.75 bits per heavy atom. The Balaban J connectivity index is 2.96. The van der Waals surface area contributed by atoms with E-state index < -0.39 is 0 Å². The molecule has 84 valence electrons. The molecule has 0 heterocycles. The van der Waals surface area contributed by atoms with E-state index in [9.17, 15) is 0 Å². The van der Waals surface area contributed by atoms with Crippen molar-refractivity contribution in [2.24, 2.45) is 5.92 Å². The third-order valence-corrected chi connectivity index (χ3v) is 2.76. The smallest absolute Gasteiger partial charge is 0.0184 e. The minimum atomic E-state index is 0.595. The van der Waals surface area contributed by atoms with Crippen LogP contribution in [0.4, 0.5) is 0 Å². The fourth-order valence-electron chi connectivity index (χ4n) is 1.33. The van der Waals surface area contributed by atoms with Gasteiger partial charge in [0.1, 0.15) is 0 Å². The molecule has 0 fully saturated rings. The zero-order chi connectivity index (χ0) is 12.0. The van der Waals surface area contributed by atoms with Crippen molar-refractivity contribution in [3.63, 3.8) is 0 Å². The Hall–Kier alpha value is -1.56. The molecule has 0 aliphatic heterocycles. The van der Waals surface area contributed by atoms with Crippen LogP contribution in [0.5, 0.6) is 0 Å². The summed E-state index contributed by atoms with van der Waals surface area (Å²) in [6.07, 6.45) is 6.21. The van der Waals surface area contributed by atoms with E-state index in [-0.39, 0.29) is 0 Å². The highest BCUT2D eigenvalue weighted by atomic mass is 14.0. The van der Waals surface area contributed by atoms with Crippen LogP contribution in [0, 0.1) is 5.92 Å². The van der Waals surface area contributed by atoms with E-state index in [0.717, 1.165) is 0 Å². The first-order valence-electron chi connectivity index (χ1n) is 5.71. The van der Waals surface area contributed by atoms with E-state index >= 15 is 0 Å². The van der Waals surface area contributed by atoms with E-state index in [0.29, 0.717) is 5.92 Å². The maximum Gasteiger partial charge on any atom is -0.0184 e. The van der Waals surface area contributed by atoms with Crippen molar-refractivity contribution >= 4 is 5.57 Å². The van der Waals surface area contributed by atoms with Gasteiger partial charge in [0.25, 0.3) is 0 Å². The molecular formula is C16H20. The molecule has 0 aliphatic rings. The molecule has 0 saturated carbocycles. The summed E-state index contributed by atoms with van der Waals surface area (Å²) < 4.78 is 0. The van der Waals surface area contributed by atoms with Crippen molar-refractivity contribution in [2.75, 3.05) is 0 Å². The molecule has 0 spiro atoms. The third kappa shape index (κ3) is 3.54. The third-order valence-electron chi connectivity index (χ3n) is 2.76. The average Bonchev–Trinajstić information content (AvgIpc) is 2.30. The first kappa shape index (κ1) is 12.5. The van der Waals surface area contributed by atoms with Crippen molar-refractivity contribution in [2.45, 2.75) is 20.8 Å². The molecule has 0 aromatic heterocycles. The van der Waals surface area contributed by atoms with E-state index in [1.807, 2.05) is 24.3 Å². The molecule has 0 N–H and O–H groups in total. The minimum Gasteiger partial charge on any atom is -0.0984 e. The van der Waals surface area contributed by atoms with E-state index in [1.54, 1.807) is 0 Å². The monoisotopic (exact) mass is 212 g/mol. The summed E-state index contributed by atoms with van der Waals surface area (Å²) in [7, 11) is 0. The van der Waals surface area contributed by atoms with Crippen LogP contribution in [0.25, 0.3) is 5.57 Å². The fourth-order valence-corrected chi connectivity index (χ4v) is 1.33. The SMILES string of the molecule is C=C/C(=C\C=C(/C)C(C)C)c1ccccc1. The second-order valence-electron chi connectivity index (χ2n) is 4.26. The van der Waals surface area contributed by atoms with Crippen molar-refractivity contribution in [1.29, 1.82) is 0 Å². The van der Waals surface area contributed by atoms with Gasteiger partial charge in [0.2, 0.25) is 0 Å². The molecule has 16 heavy (non-hydrogen) atoms. The van der Waals surface area contributed by atoms with E-state index in [4.69, 9.17) is 0 Å². The molecular weight excluding hydrogens is 192 g/mol. The van der Waals surface area contributed by atoms with Gasteiger partial charge in [0, 0.05) is 0 Å². The minimum absolute atomic E-state index is 0.595. The average molecular weight is 212 g/mol. The highest BCUT2D eigenvalue weighted by molar-refractivity contribution is 5.74. The fraction of sp³-hybridized carbons (Fsp3) is 0.250. The molecule has 0 saturated heterocycles. The van der Waals surface area contributed by atoms with Crippen LogP contribution in [-0.4, -0.2) is 0 Å². The summed E-state index contributed by atoms with van der Waals surface area (Å²) >= 11 is 0. The number of benzene rings is 1. The van der Waals surface area contributed by atoms with Crippen LogP contribution in [0.1, 0.15) is 26.3 Å². The zero-order valence-electron chi connectivity index (χ0n) is 10.4. The topological polar surface area (TPSA) is 0 Å². The van der Waals surface area contributed by atoms with Crippen LogP contribution < -0.4 is 0 Å². The Kier molecular flexibility index (Phi) is 4.78. The quantitative estimate of drug-likeness (QED) is 0.625. The van der Waals surface area contributed by atoms with E-state index in [1.165, 1.54) is 16.7 Å². The van der Waals surface area contributed by atoms with Crippen molar-refractivity contribution < 1.29 is 0 Å². The first-order valence-corrected chi connectivity index (χ1v) is 5.71. The zero-order valence-corrected chi connectivity index (χ0v) is 10.4. The van der Waals surface area contributed by atoms with Crippen LogP contribution in [0.2, 0.25) is 0 Å². The molecule has 0 radical (unpaired) electrons. The van der Waals surface area contributed by atoms with Gasteiger partial charge < -0.3 is 0 Å². The summed E-state index contributed by atoms with van der Waals surface area (Å²) in [5.41, 5.74) is 3.76.